The van der Waals surface area contributed by atoms with Gasteiger partial charge in [-0.05, 0) is 24.3 Å². The maximum Gasteiger partial charge on any atom is 0.229 e. The Bertz CT molecular complexity index is 1040. The lowest BCUT2D eigenvalue weighted by molar-refractivity contribution is -0.122. The number of amides is 2. The molecule has 1 unspecified atom stereocenters. The first-order valence-corrected chi connectivity index (χ1v) is 11.1. The molecular weight excluding hydrogens is 434 g/mol. The van der Waals surface area contributed by atoms with Crippen LogP contribution in [0.3, 0.4) is 0 Å². The predicted octanol–water partition coefficient (Wildman–Crippen LogP) is 2.94. The van der Waals surface area contributed by atoms with Gasteiger partial charge in [-0.15, -0.1) is 0 Å². The zero-order chi connectivity index (χ0) is 22.1. The number of hydrogen-bond donors (Lipinski definition) is 1. The van der Waals surface area contributed by atoms with Crippen LogP contribution in [-0.4, -0.2) is 57.9 Å². The Morgan fingerprint density at radius 2 is 1.81 bits per heavy atom. The summed E-state index contributed by atoms with van der Waals surface area (Å²) in [4.78, 5) is 29.5. The average molecular weight is 458 g/mol. The lowest BCUT2D eigenvalue weighted by atomic mass is 10.1. The van der Waals surface area contributed by atoms with Crippen molar-refractivity contribution >= 4 is 40.5 Å². The van der Waals surface area contributed by atoms with Gasteiger partial charge in [-0.3, -0.25) is 9.59 Å². The van der Waals surface area contributed by atoms with Crippen molar-refractivity contribution in [2.75, 3.05) is 61.2 Å². The van der Waals surface area contributed by atoms with Crippen LogP contribution in [0.25, 0.3) is 0 Å². The second kappa shape index (κ2) is 8.88. The Labute approximate surface area is 191 Å². The predicted molar refractivity (Wildman–Crippen MR) is 121 cm³/mol. The molecule has 9 heteroatoms. The van der Waals surface area contributed by atoms with Crippen LogP contribution in [0, 0.1) is 5.92 Å². The molecule has 0 radical (unpaired) electrons. The van der Waals surface area contributed by atoms with Crippen LogP contribution in [0.15, 0.2) is 36.4 Å². The van der Waals surface area contributed by atoms with E-state index in [1.165, 1.54) is 0 Å². The zero-order valence-electron chi connectivity index (χ0n) is 17.5. The van der Waals surface area contributed by atoms with E-state index < -0.39 is 5.92 Å². The fraction of sp³-hybridized carbons (Fsp3) is 0.391. The Hall–Kier alpha value is -2.97. The van der Waals surface area contributed by atoms with E-state index in [9.17, 15) is 9.59 Å². The maximum absolute atomic E-state index is 13.1. The summed E-state index contributed by atoms with van der Waals surface area (Å²) in [7, 11) is 0. The fourth-order valence-corrected chi connectivity index (χ4v) is 4.59. The third-order valence-electron chi connectivity index (χ3n) is 5.91. The number of carbonyl (C=O) groups excluding carboxylic acids is 2. The third kappa shape index (κ3) is 4.08. The molecule has 5 rings (SSSR count). The summed E-state index contributed by atoms with van der Waals surface area (Å²) in [6.07, 6.45) is 0.147. The molecule has 0 aliphatic carbocycles. The van der Waals surface area contributed by atoms with Crippen molar-refractivity contribution in [1.29, 1.82) is 0 Å². The van der Waals surface area contributed by atoms with Gasteiger partial charge in [0.15, 0.2) is 11.5 Å². The van der Waals surface area contributed by atoms with E-state index in [0.29, 0.717) is 74.0 Å². The smallest absolute Gasteiger partial charge is 0.229 e. The van der Waals surface area contributed by atoms with Crippen LogP contribution in [0.2, 0.25) is 5.02 Å². The number of benzene rings is 2. The molecule has 32 heavy (non-hydrogen) atoms. The molecule has 0 saturated carbocycles. The van der Waals surface area contributed by atoms with E-state index in [1.807, 2.05) is 24.3 Å². The number of fused-ring (bicyclic) bond motifs is 1. The van der Waals surface area contributed by atoms with Crippen molar-refractivity contribution in [3.8, 4) is 11.5 Å². The van der Waals surface area contributed by atoms with Gasteiger partial charge in [0, 0.05) is 37.8 Å². The van der Waals surface area contributed by atoms with Crippen molar-refractivity contribution in [1.82, 2.24) is 0 Å². The molecular formula is C23H24ClN3O5. The highest BCUT2D eigenvalue weighted by molar-refractivity contribution is 6.34. The number of para-hydroxylation sites is 1. The number of ether oxygens (including phenoxy) is 3. The molecule has 1 atom stereocenters. The number of anilines is 3. The van der Waals surface area contributed by atoms with Gasteiger partial charge in [-0.25, -0.2) is 0 Å². The van der Waals surface area contributed by atoms with Crippen molar-refractivity contribution in [3.05, 3.63) is 41.4 Å². The summed E-state index contributed by atoms with van der Waals surface area (Å²) in [5.74, 6) is 0.518. The van der Waals surface area contributed by atoms with Gasteiger partial charge in [0.25, 0.3) is 0 Å². The second-order valence-electron chi connectivity index (χ2n) is 7.96. The number of carbonyl (C=O) groups is 2. The van der Waals surface area contributed by atoms with Crippen LogP contribution in [0.4, 0.5) is 17.1 Å². The number of hydrogen-bond acceptors (Lipinski definition) is 6. The average Bonchev–Trinajstić information content (AvgIpc) is 3.21. The highest BCUT2D eigenvalue weighted by atomic mass is 35.5. The molecule has 2 aromatic carbocycles. The molecule has 3 heterocycles. The molecule has 0 bridgehead atoms. The van der Waals surface area contributed by atoms with E-state index in [2.05, 4.69) is 10.2 Å². The lowest BCUT2D eigenvalue weighted by Gasteiger charge is -2.31. The molecule has 2 aromatic rings. The fourth-order valence-electron chi connectivity index (χ4n) is 4.29. The number of halogens is 1. The molecule has 2 amide bonds. The standard InChI is InChI=1S/C23H24ClN3O5/c24-17-2-1-3-18(22(17)26-6-8-30-9-7-26)25-23(29)15-12-21(28)27(14-15)16-4-5-19-20(13-16)32-11-10-31-19/h1-5,13,15H,6-12,14H2,(H,25,29). The van der Waals surface area contributed by atoms with Crippen LogP contribution in [0.5, 0.6) is 11.5 Å². The minimum atomic E-state index is -0.466. The topological polar surface area (TPSA) is 80.3 Å². The lowest BCUT2D eigenvalue weighted by Crippen LogP contribution is -2.37. The summed E-state index contributed by atoms with van der Waals surface area (Å²) in [5, 5.41) is 3.58. The third-order valence-corrected chi connectivity index (χ3v) is 6.21. The number of morpholine rings is 1. The van der Waals surface area contributed by atoms with Gasteiger partial charge < -0.3 is 29.3 Å². The van der Waals surface area contributed by atoms with Gasteiger partial charge >= 0.3 is 0 Å². The van der Waals surface area contributed by atoms with Crippen molar-refractivity contribution in [2.24, 2.45) is 5.92 Å². The summed E-state index contributed by atoms with van der Waals surface area (Å²) in [6.45, 7) is 3.91. The second-order valence-corrected chi connectivity index (χ2v) is 8.37. The molecule has 8 nitrogen and oxygen atoms in total. The van der Waals surface area contributed by atoms with Gasteiger partial charge in [-0.1, -0.05) is 17.7 Å². The quantitative estimate of drug-likeness (QED) is 0.760. The van der Waals surface area contributed by atoms with Crippen molar-refractivity contribution in [3.63, 3.8) is 0 Å². The summed E-state index contributed by atoms with van der Waals surface area (Å²) in [6, 6.07) is 10.9. The van der Waals surface area contributed by atoms with Gasteiger partial charge in [0.1, 0.15) is 13.2 Å². The highest BCUT2D eigenvalue weighted by Crippen LogP contribution is 2.37. The van der Waals surface area contributed by atoms with Crippen molar-refractivity contribution < 1.29 is 23.8 Å². The highest BCUT2D eigenvalue weighted by Gasteiger charge is 2.36. The Morgan fingerprint density at radius 1 is 1.03 bits per heavy atom. The Morgan fingerprint density at radius 3 is 2.62 bits per heavy atom. The molecule has 3 aliphatic heterocycles. The van der Waals surface area contributed by atoms with E-state index in [0.717, 1.165) is 5.69 Å². The summed E-state index contributed by atoms with van der Waals surface area (Å²) in [5.41, 5.74) is 2.14. The first-order valence-electron chi connectivity index (χ1n) is 10.7. The Kier molecular flexibility index (Phi) is 5.80. The van der Waals surface area contributed by atoms with Crippen LogP contribution in [0.1, 0.15) is 6.42 Å². The number of rotatable bonds is 4. The monoisotopic (exact) mass is 457 g/mol. The van der Waals surface area contributed by atoms with E-state index in [4.69, 9.17) is 25.8 Å². The first-order chi connectivity index (χ1) is 15.6. The van der Waals surface area contributed by atoms with E-state index >= 15 is 0 Å². The van der Waals surface area contributed by atoms with E-state index in [-0.39, 0.29) is 18.2 Å². The molecule has 3 aliphatic rings. The number of nitrogens with zero attached hydrogens (tertiary/aromatic N) is 2. The van der Waals surface area contributed by atoms with Gasteiger partial charge in [0.2, 0.25) is 11.8 Å². The molecule has 0 aromatic heterocycles. The molecule has 1 N–H and O–H groups in total. The molecule has 2 saturated heterocycles. The van der Waals surface area contributed by atoms with Crippen molar-refractivity contribution in [2.45, 2.75) is 6.42 Å². The van der Waals surface area contributed by atoms with Crippen LogP contribution < -0.4 is 24.6 Å². The Balaban J connectivity index is 1.31. The molecule has 2 fully saturated rings. The van der Waals surface area contributed by atoms with Gasteiger partial charge in [0.05, 0.1) is 35.5 Å². The SMILES string of the molecule is O=C(Nc1cccc(Cl)c1N1CCOCC1)C1CC(=O)N(c2ccc3c(c2)OCCO3)C1. The zero-order valence-corrected chi connectivity index (χ0v) is 18.3. The minimum Gasteiger partial charge on any atom is -0.486 e. The first kappa shape index (κ1) is 20.9. The minimum absolute atomic E-state index is 0.0960. The van der Waals surface area contributed by atoms with Crippen LogP contribution >= 0.6 is 11.6 Å². The molecule has 0 spiro atoms. The molecule has 168 valence electrons. The van der Waals surface area contributed by atoms with Gasteiger partial charge in [-0.2, -0.15) is 0 Å². The van der Waals surface area contributed by atoms with Crippen LogP contribution in [-0.2, 0) is 14.3 Å². The van der Waals surface area contributed by atoms with E-state index in [1.54, 1.807) is 17.0 Å². The maximum atomic E-state index is 13.1. The largest absolute Gasteiger partial charge is 0.486 e. The normalized spacial score (nSPS) is 20.4. The summed E-state index contributed by atoms with van der Waals surface area (Å²) < 4.78 is 16.6. The summed E-state index contributed by atoms with van der Waals surface area (Å²) >= 11 is 6.47. The number of nitrogens with one attached hydrogen (secondary N) is 1.